The normalized spacial score (nSPS) is 10.5. The lowest BCUT2D eigenvalue weighted by molar-refractivity contribution is -0.121. The zero-order valence-electron chi connectivity index (χ0n) is 11.9. The molecule has 0 unspecified atom stereocenters. The maximum atomic E-state index is 12.2. The summed E-state index contributed by atoms with van der Waals surface area (Å²) < 4.78 is 0. The minimum Gasteiger partial charge on any atom is -0.358 e. The summed E-state index contributed by atoms with van der Waals surface area (Å²) in [5.74, 6) is 0.00138. The van der Waals surface area contributed by atoms with Crippen LogP contribution in [0.15, 0.2) is 24.3 Å². The van der Waals surface area contributed by atoms with Crippen molar-refractivity contribution >= 4 is 11.7 Å². The van der Waals surface area contributed by atoms with Gasteiger partial charge in [0.15, 0.2) is 5.78 Å². The highest BCUT2D eigenvalue weighted by Crippen LogP contribution is 2.09. The van der Waals surface area contributed by atoms with Crippen LogP contribution in [-0.4, -0.2) is 43.3 Å². The first-order valence-electron chi connectivity index (χ1n) is 6.60. The molecule has 0 spiro atoms. The van der Waals surface area contributed by atoms with Crippen LogP contribution in [0, 0.1) is 6.92 Å². The SMILES string of the molecule is CCCN(CC(=O)NC)CC(=O)c1ccccc1C. The van der Waals surface area contributed by atoms with Crippen LogP contribution in [0.2, 0.25) is 0 Å². The van der Waals surface area contributed by atoms with E-state index < -0.39 is 0 Å². The van der Waals surface area contributed by atoms with Crippen molar-refractivity contribution in [3.63, 3.8) is 0 Å². The largest absolute Gasteiger partial charge is 0.358 e. The second kappa shape index (κ2) is 7.69. The predicted octanol–water partition coefficient (Wildman–Crippen LogP) is 1.64. The van der Waals surface area contributed by atoms with E-state index in [1.165, 1.54) is 0 Å². The summed E-state index contributed by atoms with van der Waals surface area (Å²) in [5.41, 5.74) is 1.71. The van der Waals surface area contributed by atoms with E-state index in [1.807, 2.05) is 43.0 Å². The van der Waals surface area contributed by atoms with Crippen molar-refractivity contribution in [2.24, 2.45) is 0 Å². The molecule has 0 bridgehead atoms. The number of likely N-dealkylation sites (N-methyl/N-ethyl adjacent to an activating group) is 1. The van der Waals surface area contributed by atoms with Crippen LogP contribution in [0.5, 0.6) is 0 Å². The Bertz CT molecular complexity index is 444. The lowest BCUT2D eigenvalue weighted by Crippen LogP contribution is -2.39. The summed E-state index contributed by atoms with van der Waals surface area (Å²) in [6.45, 7) is 5.25. The first-order valence-corrected chi connectivity index (χ1v) is 6.60. The summed E-state index contributed by atoms with van der Waals surface area (Å²) in [6, 6.07) is 7.54. The standard InChI is InChI=1S/C15H22N2O2/c1-4-9-17(11-15(19)16-3)10-14(18)13-8-6-5-7-12(13)2/h5-8H,4,9-11H2,1-3H3,(H,16,19). The summed E-state index contributed by atoms with van der Waals surface area (Å²) >= 11 is 0. The molecular formula is C15H22N2O2. The minimum atomic E-state index is -0.0639. The first kappa shape index (κ1) is 15.4. The average Bonchev–Trinajstić information content (AvgIpc) is 2.39. The molecule has 0 atom stereocenters. The maximum Gasteiger partial charge on any atom is 0.233 e. The van der Waals surface area contributed by atoms with Gasteiger partial charge in [0.25, 0.3) is 0 Å². The number of aryl methyl sites for hydroxylation is 1. The van der Waals surface area contributed by atoms with Gasteiger partial charge in [-0.1, -0.05) is 31.2 Å². The molecule has 19 heavy (non-hydrogen) atoms. The number of nitrogens with one attached hydrogen (secondary N) is 1. The number of Topliss-reactive ketones (excluding diaryl/α,β-unsaturated/α-hetero) is 1. The third kappa shape index (κ3) is 4.83. The van der Waals surface area contributed by atoms with Crippen LogP contribution in [0.3, 0.4) is 0 Å². The third-order valence-corrected chi connectivity index (χ3v) is 3.00. The summed E-state index contributed by atoms with van der Waals surface area (Å²) in [4.78, 5) is 25.5. The van der Waals surface area contributed by atoms with E-state index in [-0.39, 0.29) is 24.8 Å². The Kier molecular flexibility index (Phi) is 6.22. The molecule has 0 fully saturated rings. The van der Waals surface area contributed by atoms with Gasteiger partial charge in [-0.05, 0) is 25.5 Å². The fraction of sp³-hybridized carbons (Fsp3) is 0.467. The Labute approximate surface area is 114 Å². The van der Waals surface area contributed by atoms with Crippen LogP contribution in [0.25, 0.3) is 0 Å². The lowest BCUT2D eigenvalue weighted by Gasteiger charge is -2.20. The Balaban J connectivity index is 2.71. The van der Waals surface area contributed by atoms with Crippen molar-refractivity contribution < 1.29 is 9.59 Å². The van der Waals surface area contributed by atoms with Gasteiger partial charge in [-0.25, -0.2) is 0 Å². The van der Waals surface area contributed by atoms with E-state index in [2.05, 4.69) is 5.32 Å². The molecule has 0 saturated heterocycles. The Hall–Kier alpha value is -1.68. The highest BCUT2D eigenvalue weighted by atomic mass is 16.2. The topological polar surface area (TPSA) is 49.4 Å². The number of ketones is 1. The molecule has 0 saturated carbocycles. The van der Waals surface area contributed by atoms with Crippen LogP contribution < -0.4 is 5.32 Å². The van der Waals surface area contributed by atoms with Gasteiger partial charge in [0.2, 0.25) is 5.91 Å². The second-order valence-electron chi connectivity index (χ2n) is 4.62. The van der Waals surface area contributed by atoms with Crippen molar-refractivity contribution in [2.45, 2.75) is 20.3 Å². The van der Waals surface area contributed by atoms with E-state index in [4.69, 9.17) is 0 Å². The number of carbonyl (C=O) groups is 2. The van der Waals surface area contributed by atoms with Crippen LogP contribution in [-0.2, 0) is 4.79 Å². The average molecular weight is 262 g/mol. The fourth-order valence-electron chi connectivity index (χ4n) is 1.99. The summed E-state index contributed by atoms with van der Waals surface area (Å²) in [7, 11) is 1.61. The van der Waals surface area contributed by atoms with Gasteiger partial charge >= 0.3 is 0 Å². The van der Waals surface area contributed by atoms with Gasteiger partial charge in [0.1, 0.15) is 0 Å². The molecule has 0 radical (unpaired) electrons. The zero-order valence-corrected chi connectivity index (χ0v) is 11.9. The molecule has 0 heterocycles. The summed E-state index contributed by atoms with van der Waals surface area (Å²) in [5, 5.41) is 2.59. The monoisotopic (exact) mass is 262 g/mol. The number of rotatable bonds is 7. The van der Waals surface area contributed by atoms with Gasteiger partial charge in [-0.3, -0.25) is 14.5 Å². The molecule has 1 amide bonds. The molecule has 1 aromatic carbocycles. The van der Waals surface area contributed by atoms with Crippen LogP contribution >= 0.6 is 0 Å². The van der Waals surface area contributed by atoms with Crippen molar-refractivity contribution in [3.8, 4) is 0 Å². The number of nitrogens with zero attached hydrogens (tertiary/aromatic N) is 1. The molecular weight excluding hydrogens is 240 g/mol. The number of hydrogen-bond donors (Lipinski definition) is 1. The minimum absolute atomic E-state index is 0.0639. The quantitative estimate of drug-likeness (QED) is 0.760. The molecule has 104 valence electrons. The Morgan fingerprint density at radius 3 is 2.47 bits per heavy atom. The molecule has 1 aromatic rings. The number of benzene rings is 1. The van der Waals surface area contributed by atoms with E-state index in [1.54, 1.807) is 7.05 Å². The van der Waals surface area contributed by atoms with Crippen molar-refractivity contribution in [3.05, 3.63) is 35.4 Å². The van der Waals surface area contributed by atoms with E-state index >= 15 is 0 Å². The second-order valence-corrected chi connectivity index (χ2v) is 4.62. The number of hydrogen-bond acceptors (Lipinski definition) is 3. The van der Waals surface area contributed by atoms with Crippen molar-refractivity contribution in [2.75, 3.05) is 26.7 Å². The molecule has 0 aliphatic rings. The third-order valence-electron chi connectivity index (χ3n) is 3.00. The molecule has 0 aliphatic heterocycles. The molecule has 0 aromatic heterocycles. The van der Waals surface area contributed by atoms with Crippen LogP contribution in [0.1, 0.15) is 29.3 Å². The molecule has 0 aliphatic carbocycles. The predicted molar refractivity (Wildman–Crippen MR) is 76.3 cm³/mol. The van der Waals surface area contributed by atoms with Gasteiger partial charge in [-0.15, -0.1) is 0 Å². The zero-order chi connectivity index (χ0) is 14.3. The van der Waals surface area contributed by atoms with E-state index in [0.717, 1.165) is 24.1 Å². The first-order chi connectivity index (χ1) is 9.08. The molecule has 1 N–H and O–H groups in total. The molecule has 4 heteroatoms. The van der Waals surface area contributed by atoms with Gasteiger partial charge in [0, 0.05) is 12.6 Å². The van der Waals surface area contributed by atoms with E-state index in [9.17, 15) is 9.59 Å². The number of amides is 1. The van der Waals surface area contributed by atoms with Gasteiger partial charge in [0.05, 0.1) is 13.1 Å². The molecule has 4 nitrogen and oxygen atoms in total. The Morgan fingerprint density at radius 1 is 1.21 bits per heavy atom. The maximum absolute atomic E-state index is 12.2. The summed E-state index contributed by atoms with van der Waals surface area (Å²) in [6.07, 6.45) is 0.915. The van der Waals surface area contributed by atoms with Gasteiger partial charge < -0.3 is 5.32 Å². The number of carbonyl (C=O) groups excluding carboxylic acids is 2. The highest BCUT2D eigenvalue weighted by Gasteiger charge is 2.15. The fourth-order valence-corrected chi connectivity index (χ4v) is 1.99. The Morgan fingerprint density at radius 2 is 1.89 bits per heavy atom. The van der Waals surface area contributed by atoms with Crippen molar-refractivity contribution in [1.29, 1.82) is 0 Å². The van der Waals surface area contributed by atoms with Crippen LogP contribution in [0.4, 0.5) is 0 Å². The van der Waals surface area contributed by atoms with Crippen molar-refractivity contribution in [1.82, 2.24) is 10.2 Å². The van der Waals surface area contributed by atoms with E-state index in [0.29, 0.717) is 0 Å². The lowest BCUT2D eigenvalue weighted by atomic mass is 10.0. The van der Waals surface area contributed by atoms with Gasteiger partial charge in [-0.2, -0.15) is 0 Å². The molecule has 1 rings (SSSR count). The smallest absolute Gasteiger partial charge is 0.233 e. The highest BCUT2D eigenvalue weighted by molar-refractivity contribution is 5.99.